The number of hydrogen-bond donors (Lipinski definition) is 0. The molecule has 0 spiro atoms. The van der Waals surface area contributed by atoms with E-state index in [0.29, 0.717) is 0 Å². The molecule has 76 valence electrons. The lowest BCUT2D eigenvalue weighted by molar-refractivity contribution is 0.577. The maximum atomic E-state index is 11.3. The summed E-state index contributed by atoms with van der Waals surface area (Å²) in [5.74, 6) is -0.447. The third-order valence-electron chi connectivity index (χ3n) is 2.45. The maximum absolute atomic E-state index is 11.3. The molecule has 0 aromatic carbocycles. The highest BCUT2D eigenvalue weighted by Crippen LogP contribution is 2.54. The molecule has 0 bridgehead atoms. The van der Waals surface area contributed by atoms with E-state index >= 15 is 0 Å². The van der Waals surface area contributed by atoms with E-state index in [9.17, 15) is 16.8 Å². The summed E-state index contributed by atoms with van der Waals surface area (Å²) in [6, 6.07) is 0. The number of hydrogen-bond acceptors (Lipinski definition) is 4. The van der Waals surface area contributed by atoms with E-state index in [2.05, 4.69) is 6.58 Å². The van der Waals surface area contributed by atoms with Crippen LogP contribution >= 0.6 is 0 Å². The Hall–Kier alpha value is -0.360. The summed E-state index contributed by atoms with van der Waals surface area (Å²) in [4.78, 5) is 0. The van der Waals surface area contributed by atoms with Crippen LogP contribution in [-0.2, 0) is 19.7 Å². The number of sulfone groups is 2. The van der Waals surface area contributed by atoms with Gasteiger partial charge in [0.1, 0.15) is 0 Å². The number of allylic oxidation sites excluding steroid dienone is 1. The summed E-state index contributed by atoms with van der Waals surface area (Å²) in [5.41, 5.74) is 0. The highest BCUT2D eigenvalue weighted by molar-refractivity contribution is 8.10. The first-order valence-corrected chi connectivity index (χ1v) is 7.47. The molecular formula is C7H12O4S2. The van der Waals surface area contributed by atoms with Crippen molar-refractivity contribution in [2.75, 3.05) is 12.5 Å². The molecule has 1 aliphatic rings. The maximum Gasteiger partial charge on any atom is 0.179 e. The van der Waals surface area contributed by atoms with E-state index < -0.39 is 29.7 Å². The molecule has 13 heavy (non-hydrogen) atoms. The van der Waals surface area contributed by atoms with Crippen LogP contribution in [0, 0.1) is 5.92 Å². The molecule has 1 unspecified atom stereocenters. The minimum absolute atomic E-state index is 0.147. The van der Waals surface area contributed by atoms with Crippen LogP contribution in [0.1, 0.15) is 6.42 Å². The third kappa shape index (κ3) is 1.32. The first-order valence-electron chi connectivity index (χ1n) is 3.68. The topological polar surface area (TPSA) is 68.3 Å². The molecule has 0 saturated heterocycles. The summed E-state index contributed by atoms with van der Waals surface area (Å²) in [7, 11) is -7.14. The normalized spacial score (nSPS) is 26.8. The molecule has 1 rings (SSSR count). The van der Waals surface area contributed by atoms with Gasteiger partial charge in [-0.1, -0.05) is 6.08 Å². The molecule has 1 saturated carbocycles. The van der Waals surface area contributed by atoms with Gasteiger partial charge >= 0.3 is 0 Å². The van der Waals surface area contributed by atoms with Gasteiger partial charge in [-0.15, -0.1) is 6.58 Å². The van der Waals surface area contributed by atoms with Gasteiger partial charge in [-0.25, -0.2) is 16.8 Å². The van der Waals surface area contributed by atoms with Crippen molar-refractivity contribution in [3.8, 4) is 0 Å². The van der Waals surface area contributed by atoms with Crippen LogP contribution < -0.4 is 0 Å². The molecule has 0 radical (unpaired) electrons. The summed E-state index contributed by atoms with van der Waals surface area (Å²) >= 11 is 0. The van der Waals surface area contributed by atoms with Crippen molar-refractivity contribution in [1.29, 1.82) is 0 Å². The average Bonchev–Trinajstić information content (AvgIpc) is 2.57. The van der Waals surface area contributed by atoms with Crippen molar-refractivity contribution < 1.29 is 16.8 Å². The zero-order valence-corrected chi connectivity index (χ0v) is 9.15. The predicted molar refractivity (Wildman–Crippen MR) is 50.7 cm³/mol. The minimum atomic E-state index is -3.57. The monoisotopic (exact) mass is 224 g/mol. The van der Waals surface area contributed by atoms with Crippen LogP contribution in [0.15, 0.2) is 12.7 Å². The minimum Gasteiger partial charge on any atom is -0.227 e. The van der Waals surface area contributed by atoms with E-state index in [1.54, 1.807) is 0 Å². The van der Waals surface area contributed by atoms with E-state index in [1.165, 1.54) is 6.08 Å². The Kier molecular flexibility index (Phi) is 2.12. The summed E-state index contributed by atoms with van der Waals surface area (Å²) < 4.78 is 43.6. The Bertz CT molecular complexity index is 397. The van der Waals surface area contributed by atoms with E-state index in [0.717, 1.165) is 12.5 Å². The van der Waals surface area contributed by atoms with Crippen molar-refractivity contribution in [1.82, 2.24) is 0 Å². The Balaban J connectivity index is 3.34. The molecule has 6 heteroatoms. The fourth-order valence-electron chi connectivity index (χ4n) is 1.64. The molecule has 0 N–H and O–H groups in total. The SMILES string of the molecule is C=CC1CC1(S(C)(=O)=O)S(C)(=O)=O. The quantitative estimate of drug-likeness (QED) is 0.632. The van der Waals surface area contributed by atoms with Crippen LogP contribution in [0.2, 0.25) is 0 Å². The highest BCUT2D eigenvalue weighted by atomic mass is 32.3. The molecular weight excluding hydrogens is 212 g/mol. The van der Waals surface area contributed by atoms with Gasteiger partial charge in [0.25, 0.3) is 0 Å². The standard InChI is InChI=1S/C7H12O4S2/c1-4-6-5-7(6,12(2,8)9)13(3,10)11/h4,6H,1,5H2,2-3H3. The van der Waals surface area contributed by atoms with Gasteiger partial charge in [0.05, 0.1) is 0 Å². The second kappa shape index (κ2) is 2.57. The van der Waals surface area contributed by atoms with Crippen LogP contribution in [-0.4, -0.2) is 33.4 Å². The summed E-state index contributed by atoms with van der Waals surface area (Å²) in [6.07, 6.45) is 3.45. The Morgan fingerprint density at radius 3 is 1.69 bits per heavy atom. The molecule has 0 aromatic heterocycles. The first kappa shape index (κ1) is 10.7. The molecule has 0 aromatic rings. The molecule has 1 atom stereocenters. The van der Waals surface area contributed by atoms with Gasteiger partial charge in [0, 0.05) is 18.4 Å². The van der Waals surface area contributed by atoms with Gasteiger partial charge in [-0.05, 0) is 6.42 Å². The molecule has 0 amide bonds. The summed E-state index contributed by atoms with van der Waals surface area (Å²) in [6.45, 7) is 3.42. The second-order valence-electron chi connectivity index (χ2n) is 3.40. The molecule has 0 aliphatic heterocycles. The molecule has 0 heterocycles. The number of rotatable bonds is 3. The van der Waals surface area contributed by atoms with Crippen molar-refractivity contribution in [3.05, 3.63) is 12.7 Å². The second-order valence-corrected chi connectivity index (χ2v) is 8.21. The fourth-order valence-corrected chi connectivity index (χ4v) is 6.09. The van der Waals surface area contributed by atoms with Crippen LogP contribution in [0.3, 0.4) is 0 Å². The van der Waals surface area contributed by atoms with Gasteiger partial charge in [0.2, 0.25) is 0 Å². The van der Waals surface area contributed by atoms with Crippen molar-refractivity contribution >= 4 is 19.7 Å². The lowest BCUT2D eigenvalue weighted by Crippen LogP contribution is -2.33. The van der Waals surface area contributed by atoms with E-state index in [1.807, 2.05) is 0 Å². The Morgan fingerprint density at radius 2 is 1.62 bits per heavy atom. The predicted octanol–water partition coefficient (Wildman–Crippen LogP) is -0.0222. The Morgan fingerprint density at radius 1 is 1.23 bits per heavy atom. The van der Waals surface area contributed by atoms with Crippen molar-refractivity contribution in [2.45, 2.75) is 10.5 Å². The van der Waals surface area contributed by atoms with Crippen LogP contribution in [0.4, 0.5) is 0 Å². The van der Waals surface area contributed by atoms with Crippen LogP contribution in [0.5, 0.6) is 0 Å². The average molecular weight is 224 g/mol. The van der Waals surface area contributed by atoms with Gasteiger partial charge in [-0.3, -0.25) is 0 Å². The van der Waals surface area contributed by atoms with Gasteiger partial charge in [-0.2, -0.15) is 0 Å². The lowest BCUT2D eigenvalue weighted by atomic mass is 10.4. The lowest BCUT2D eigenvalue weighted by Gasteiger charge is -2.11. The van der Waals surface area contributed by atoms with Crippen molar-refractivity contribution in [3.63, 3.8) is 0 Å². The van der Waals surface area contributed by atoms with E-state index in [4.69, 9.17) is 0 Å². The highest BCUT2D eigenvalue weighted by Gasteiger charge is 2.68. The molecule has 4 nitrogen and oxygen atoms in total. The fraction of sp³-hybridized carbons (Fsp3) is 0.714. The van der Waals surface area contributed by atoms with Crippen LogP contribution in [0.25, 0.3) is 0 Å². The Labute approximate surface area is 78.5 Å². The zero-order valence-electron chi connectivity index (χ0n) is 7.52. The molecule has 1 aliphatic carbocycles. The first-order chi connectivity index (χ1) is 5.67. The molecule has 1 fully saturated rings. The zero-order chi connectivity index (χ0) is 10.5. The van der Waals surface area contributed by atoms with Crippen molar-refractivity contribution in [2.24, 2.45) is 5.92 Å². The van der Waals surface area contributed by atoms with Gasteiger partial charge < -0.3 is 0 Å². The summed E-state index contributed by atoms with van der Waals surface area (Å²) in [5, 5.41) is 0. The largest absolute Gasteiger partial charge is 0.227 e. The van der Waals surface area contributed by atoms with E-state index in [-0.39, 0.29) is 6.42 Å². The van der Waals surface area contributed by atoms with Gasteiger partial charge in [0.15, 0.2) is 23.8 Å². The smallest absolute Gasteiger partial charge is 0.179 e. The third-order valence-corrected chi connectivity index (χ3v) is 7.71.